The topological polar surface area (TPSA) is 47.6 Å². The van der Waals surface area contributed by atoms with Crippen molar-refractivity contribution in [3.8, 4) is 12.1 Å². The predicted molar refractivity (Wildman–Crippen MR) is 39.0 cm³/mol. The first-order valence-corrected chi connectivity index (χ1v) is 3.32. The lowest BCUT2D eigenvalue weighted by atomic mass is 10.2. The molecule has 0 fully saturated rings. The average molecular weight is 155 g/mol. The molecule has 0 aliphatic heterocycles. The fraction of sp³-hybridized carbons (Fsp3) is 0.429. The van der Waals surface area contributed by atoms with Crippen LogP contribution in [0, 0.1) is 22.7 Å². The van der Waals surface area contributed by atoms with Crippen molar-refractivity contribution in [1.82, 2.24) is 0 Å². The normalized spacial score (nSPS) is 7.60. The van der Waals surface area contributed by atoms with Gasteiger partial charge in [0.15, 0.2) is 0 Å². The summed E-state index contributed by atoms with van der Waals surface area (Å²) >= 11 is 5.58. The lowest BCUT2D eigenvalue weighted by molar-refractivity contribution is 0.941. The maximum absolute atomic E-state index is 8.31. The number of nitrogens with zero attached hydrogens (tertiary/aromatic N) is 2. The number of rotatable bonds is 2. The van der Waals surface area contributed by atoms with Gasteiger partial charge in [0.2, 0.25) is 0 Å². The van der Waals surface area contributed by atoms with E-state index < -0.39 is 0 Å². The van der Waals surface area contributed by atoms with Crippen molar-refractivity contribution in [2.75, 3.05) is 0 Å². The third-order valence-electron chi connectivity index (χ3n) is 0.964. The summed E-state index contributed by atoms with van der Waals surface area (Å²) < 4.78 is 0. The minimum absolute atomic E-state index is 0.0310. The van der Waals surface area contributed by atoms with Crippen LogP contribution in [-0.2, 0) is 0 Å². The highest BCUT2D eigenvalue weighted by molar-refractivity contribution is 6.30. The summed E-state index contributed by atoms with van der Waals surface area (Å²) in [5.74, 6) is 0. The van der Waals surface area contributed by atoms with Gasteiger partial charge >= 0.3 is 0 Å². The second kappa shape index (κ2) is 4.85. The van der Waals surface area contributed by atoms with E-state index >= 15 is 0 Å². The van der Waals surface area contributed by atoms with Crippen molar-refractivity contribution in [1.29, 1.82) is 10.5 Å². The van der Waals surface area contributed by atoms with Crippen molar-refractivity contribution < 1.29 is 0 Å². The predicted octanol–water partition coefficient (Wildman–Crippen LogP) is 2.33. The molecule has 0 N–H and O–H groups in total. The molecule has 0 aliphatic rings. The van der Waals surface area contributed by atoms with Crippen molar-refractivity contribution in [2.24, 2.45) is 0 Å². The molecular weight excluding hydrogens is 148 g/mol. The van der Waals surface area contributed by atoms with E-state index in [4.69, 9.17) is 22.1 Å². The molecule has 0 aliphatic carbocycles. The van der Waals surface area contributed by atoms with E-state index in [1.807, 2.05) is 6.92 Å². The summed E-state index contributed by atoms with van der Waals surface area (Å²) in [6.45, 7) is 1.94. The van der Waals surface area contributed by atoms with Crippen LogP contribution in [0.3, 0.4) is 0 Å². The van der Waals surface area contributed by atoms with Crippen LogP contribution in [0.15, 0.2) is 10.6 Å². The fourth-order valence-electron chi connectivity index (χ4n) is 0.491. The number of hydrogen-bond acceptors (Lipinski definition) is 2. The number of allylic oxidation sites excluding steroid dienone is 2. The van der Waals surface area contributed by atoms with Crippen LogP contribution in [0.2, 0.25) is 0 Å². The quantitative estimate of drug-likeness (QED) is 0.573. The Labute approximate surface area is 65.3 Å². The summed E-state index contributed by atoms with van der Waals surface area (Å²) in [4.78, 5) is 0. The number of halogens is 1. The van der Waals surface area contributed by atoms with Crippen molar-refractivity contribution in [3.63, 3.8) is 0 Å². The second-order valence-electron chi connectivity index (χ2n) is 1.75. The van der Waals surface area contributed by atoms with Gasteiger partial charge in [0.1, 0.15) is 17.7 Å². The Bertz CT molecular complexity index is 201. The van der Waals surface area contributed by atoms with Crippen LogP contribution in [0.1, 0.15) is 19.8 Å². The maximum atomic E-state index is 8.31. The smallest absolute Gasteiger partial charge is 0.144 e. The first-order chi connectivity index (χ1) is 4.76. The van der Waals surface area contributed by atoms with Crippen LogP contribution in [0.25, 0.3) is 0 Å². The van der Waals surface area contributed by atoms with Gasteiger partial charge in [-0.3, -0.25) is 0 Å². The standard InChI is InChI=1S/C7H7ClN2/c1-2-3-7(8)6(4-9)5-10/h2-3H2,1H3. The van der Waals surface area contributed by atoms with Crippen LogP contribution in [0.5, 0.6) is 0 Å². The average Bonchev–Trinajstić information content (AvgIpc) is 1.91. The van der Waals surface area contributed by atoms with Gasteiger partial charge < -0.3 is 0 Å². The zero-order chi connectivity index (χ0) is 7.98. The van der Waals surface area contributed by atoms with E-state index in [1.54, 1.807) is 12.1 Å². The van der Waals surface area contributed by atoms with Crippen molar-refractivity contribution in [2.45, 2.75) is 19.8 Å². The molecule has 0 aromatic carbocycles. The highest BCUT2D eigenvalue weighted by Gasteiger charge is 1.99. The molecule has 10 heavy (non-hydrogen) atoms. The highest BCUT2D eigenvalue weighted by Crippen LogP contribution is 2.14. The summed E-state index contributed by atoms with van der Waals surface area (Å²) in [5.41, 5.74) is 0.0310. The van der Waals surface area contributed by atoms with Crippen LogP contribution < -0.4 is 0 Å². The Morgan fingerprint density at radius 1 is 1.40 bits per heavy atom. The summed E-state index contributed by atoms with van der Waals surface area (Å²) in [6.07, 6.45) is 1.46. The molecule has 0 atom stereocenters. The minimum atomic E-state index is 0.0310. The van der Waals surface area contributed by atoms with Crippen LogP contribution >= 0.6 is 11.6 Å². The van der Waals surface area contributed by atoms with Crippen molar-refractivity contribution >= 4 is 11.6 Å². The molecule has 0 saturated heterocycles. The molecule has 0 bridgehead atoms. The monoisotopic (exact) mass is 154 g/mol. The van der Waals surface area contributed by atoms with Gasteiger partial charge in [0.25, 0.3) is 0 Å². The highest BCUT2D eigenvalue weighted by atomic mass is 35.5. The lowest BCUT2D eigenvalue weighted by Gasteiger charge is -1.91. The molecule has 0 heterocycles. The van der Waals surface area contributed by atoms with Gasteiger partial charge in [0.05, 0.1) is 0 Å². The molecule has 2 nitrogen and oxygen atoms in total. The molecule has 0 aromatic heterocycles. The Kier molecular flexibility index (Phi) is 4.37. The van der Waals surface area contributed by atoms with Gasteiger partial charge in [-0.1, -0.05) is 24.9 Å². The first-order valence-electron chi connectivity index (χ1n) is 2.95. The molecule has 0 unspecified atom stereocenters. The SMILES string of the molecule is CCCC(Cl)=C(C#N)C#N. The number of hydrogen-bond donors (Lipinski definition) is 0. The molecule has 0 saturated carbocycles. The Morgan fingerprint density at radius 2 is 1.90 bits per heavy atom. The van der Waals surface area contributed by atoms with Crippen LogP contribution in [-0.4, -0.2) is 0 Å². The second-order valence-corrected chi connectivity index (χ2v) is 2.21. The van der Waals surface area contributed by atoms with E-state index in [0.29, 0.717) is 11.5 Å². The molecule has 0 aromatic rings. The molecular formula is C7H7ClN2. The third-order valence-corrected chi connectivity index (χ3v) is 1.34. The van der Waals surface area contributed by atoms with E-state index in [2.05, 4.69) is 0 Å². The van der Waals surface area contributed by atoms with Gasteiger partial charge in [-0.25, -0.2) is 0 Å². The van der Waals surface area contributed by atoms with Gasteiger partial charge in [0, 0.05) is 5.03 Å². The van der Waals surface area contributed by atoms with E-state index in [1.165, 1.54) is 0 Å². The molecule has 3 heteroatoms. The van der Waals surface area contributed by atoms with Gasteiger partial charge in [-0.2, -0.15) is 10.5 Å². The van der Waals surface area contributed by atoms with E-state index in [-0.39, 0.29) is 5.57 Å². The van der Waals surface area contributed by atoms with E-state index in [9.17, 15) is 0 Å². The van der Waals surface area contributed by atoms with Gasteiger partial charge in [-0.05, 0) is 6.42 Å². The van der Waals surface area contributed by atoms with Crippen LogP contribution in [0.4, 0.5) is 0 Å². The van der Waals surface area contributed by atoms with E-state index in [0.717, 1.165) is 6.42 Å². The molecule has 0 rings (SSSR count). The zero-order valence-electron chi connectivity index (χ0n) is 5.69. The third kappa shape index (κ3) is 2.53. The maximum Gasteiger partial charge on any atom is 0.144 e. The Hall–Kier alpha value is -0.990. The fourth-order valence-corrected chi connectivity index (χ4v) is 0.764. The van der Waals surface area contributed by atoms with Gasteiger partial charge in [-0.15, -0.1) is 0 Å². The Balaban J connectivity index is 4.36. The number of nitriles is 2. The Morgan fingerprint density at radius 3 is 2.20 bits per heavy atom. The first kappa shape index (κ1) is 9.01. The molecule has 0 radical (unpaired) electrons. The molecule has 52 valence electrons. The summed E-state index contributed by atoms with van der Waals surface area (Å²) in [7, 11) is 0. The summed E-state index contributed by atoms with van der Waals surface area (Å²) in [6, 6.07) is 3.45. The summed E-state index contributed by atoms with van der Waals surface area (Å²) in [5, 5.41) is 17.0. The largest absolute Gasteiger partial charge is 0.192 e. The molecule has 0 spiro atoms. The minimum Gasteiger partial charge on any atom is -0.192 e. The molecule has 0 amide bonds. The zero-order valence-corrected chi connectivity index (χ0v) is 6.44. The van der Waals surface area contributed by atoms with Crippen molar-refractivity contribution in [3.05, 3.63) is 10.6 Å². The lowest BCUT2D eigenvalue weighted by Crippen LogP contribution is -1.79.